The summed E-state index contributed by atoms with van der Waals surface area (Å²) in [7, 11) is 0. The fourth-order valence-electron chi connectivity index (χ4n) is 2.55. The van der Waals surface area contributed by atoms with Gasteiger partial charge in [-0.3, -0.25) is 4.79 Å². The van der Waals surface area contributed by atoms with Crippen molar-refractivity contribution < 1.29 is 28.5 Å². The minimum absolute atomic E-state index is 0. The number of unbranched alkanes of at least 4 members (excludes halogenated alkanes) is 1. The Morgan fingerprint density at radius 3 is 2.85 bits per heavy atom. The molecule has 1 aliphatic carbocycles. The van der Waals surface area contributed by atoms with Crippen molar-refractivity contribution in [1.82, 2.24) is 5.32 Å². The number of Topliss-reactive ketones (excluding diaryl/α,β-unsaturated/α-hetero) is 1. The maximum Gasteiger partial charge on any atom is 0.132 e. The molecule has 0 aromatic rings. The molecule has 0 amide bonds. The summed E-state index contributed by atoms with van der Waals surface area (Å²) in [6.45, 7) is 10.4. The molecule has 141 valence electrons. The Labute approximate surface area is 170 Å². The van der Waals surface area contributed by atoms with E-state index in [0.717, 1.165) is 24.8 Å². The predicted octanol–water partition coefficient (Wildman–Crippen LogP) is 5.11. The molecule has 0 saturated carbocycles. The molecule has 3 nitrogen and oxygen atoms in total. The number of aliphatic hydroxyl groups excluding tert-OH is 1. The molecule has 0 aliphatic heterocycles. The van der Waals surface area contributed by atoms with E-state index < -0.39 is 0 Å². The van der Waals surface area contributed by atoms with Crippen LogP contribution >= 0.6 is 0 Å². The Balaban J connectivity index is 0.00000625. The van der Waals surface area contributed by atoms with E-state index >= 15 is 0 Å². The monoisotopic (exact) mass is 392 g/mol. The molecule has 0 saturated heterocycles. The van der Waals surface area contributed by atoms with Crippen molar-refractivity contribution in [3.8, 4) is 0 Å². The van der Waals surface area contributed by atoms with E-state index in [-0.39, 0.29) is 36.1 Å². The number of carbonyl (C=O) groups excluding carboxylic acids is 1. The SMILES string of the molecule is C=C/C(O)=C\C(=C)C(CCC(=O)CCCC)NCC1=CC=CCC=C1.[V]. The Bertz CT molecular complexity index is 585. The van der Waals surface area contributed by atoms with E-state index in [4.69, 9.17) is 0 Å². The number of aliphatic hydroxyl groups is 1. The van der Waals surface area contributed by atoms with Crippen molar-refractivity contribution in [2.45, 2.75) is 51.5 Å². The van der Waals surface area contributed by atoms with Gasteiger partial charge in [0.15, 0.2) is 0 Å². The summed E-state index contributed by atoms with van der Waals surface area (Å²) in [5.41, 5.74) is 1.94. The summed E-state index contributed by atoms with van der Waals surface area (Å²) in [6, 6.07) is -0.0609. The van der Waals surface area contributed by atoms with Gasteiger partial charge >= 0.3 is 0 Å². The molecule has 4 heteroatoms. The number of hydrogen-bond donors (Lipinski definition) is 2. The smallest absolute Gasteiger partial charge is 0.132 e. The van der Waals surface area contributed by atoms with Crippen LogP contribution in [0.25, 0.3) is 0 Å². The number of nitrogens with one attached hydrogen (secondary N) is 1. The minimum atomic E-state index is -0.0609. The molecule has 26 heavy (non-hydrogen) atoms. The van der Waals surface area contributed by atoms with Crippen molar-refractivity contribution in [2.75, 3.05) is 6.54 Å². The first-order valence-electron chi connectivity index (χ1n) is 9.06. The maximum absolute atomic E-state index is 12.0. The number of hydrogen-bond acceptors (Lipinski definition) is 3. The molecule has 1 aliphatic rings. The van der Waals surface area contributed by atoms with E-state index in [0.29, 0.717) is 25.8 Å². The Morgan fingerprint density at radius 1 is 1.38 bits per heavy atom. The molecule has 1 atom stereocenters. The van der Waals surface area contributed by atoms with Gasteiger partial charge in [-0.2, -0.15) is 0 Å². The maximum atomic E-state index is 12.0. The third-order valence-corrected chi connectivity index (χ3v) is 4.11. The molecule has 0 bridgehead atoms. The zero-order valence-corrected chi connectivity index (χ0v) is 17.2. The van der Waals surface area contributed by atoms with E-state index in [2.05, 4.69) is 55.8 Å². The van der Waals surface area contributed by atoms with Crippen LogP contribution in [0.5, 0.6) is 0 Å². The van der Waals surface area contributed by atoms with E-state index in [9.17, 15) is 9.90 Å². The summed E-state index contributed by atoms with van der Waals surface area (Å²) in [5, 5.41) is 13.1. The van der Waals surface area contributed by atoms with Crippen LogP contribution in [0.1, 0.15) is 45.4 Å². The van der Waals surface area contributed by atoms with Crippen molar-refractivity contribution in [2.24, 2.45) is 0 Å². The second kappa shape index (κ2) is 14.6. The molecule has 1 radical (unpaired) electrons. The first kappa shape index (κ1) is 24.5. The second-order valence-corrected chi connectivity index (χ2v) is 6.27. The average Bonchev–Trinajstić information content (AvgIpc) is 2.88. The summed E-state index contributed by atoms with van der Waals surface area (Å²) >= 11 is 0. The van der Waals surface area contributed by atoms with Crippen LogP contribution in [0.3, 0.4) is 0 Å². The fourth-order valence-corrected chi connectivity index (χ4v) is 2.55. The normalized spacial score (nSPS) is 14.8. The standard InChI is InChI=1S/C22H31NO2.V/c1-4-6-13-21(25)14-15-22(18(3)16-20(24)5-2)23-17-19-11-9-7-8-10-12-19;/h5,7,9-12,16,22-24H,2-4,6,8,13-15,17H2,1H3;/b20-16+;. The quantitative estimate of drug-likeness (QED) is 0.359. The fraction of sp³-hybridized carbons (Fsp3) is 0.409. The predicted molar refractivity (Wildman–Crippen MR) is 107 cm³/mol. The van der Waals surface area contributed by atoms with Gasteiger partial charge in [0.2, 0.25) is 0 Å². The van der Waals surface area contributed by atoms with Gasteiger partial charge in [0.25, 0.3) is 0 Å². The van der Waals surface area contributed by atoms with Crippen molar-refractivity contribution in [3.05, 3.63) is 72.6 Å². The Hall–Kier alpha value is -1.55. The Kier molecular flexibility index (Phi) is 13.7. The van der Waals surface area contributed by atoms with E-state index in [1.165, 1.54) is 11.6 Å². The van der Waals surface area contributed by atoms with Gasteiger partial charge in [0.1, 0.15) is 11.5 Å². The van der Waals surface area contributed by atoms with Crippen molar-refractivity contribution >= 4 is 5.78 Å². The van der Waals surface area contributed by atoms with Gasteiger partial charge in [-0.05, 0) is 42.6 Å². The zero-order valence-electron chi connectivity index (χ0n) is 15.8. The summed E-state index contributed by atoms with van der Waals surface area (Å²) < 4.78 is 0. The van der Waals surface area contributed by atoms with Gasteiger partial charge in [-0.1, -0.05) is 56.9 Å². The molecule has 2 N–H and O–H groups in total. The van der Waals surface area contributed by atoms with Crippen LogP contribution in [0.4, 0.5) is 0 Å². The first-order valence-corrected chi connectivity index (χ1v) is 9.06. The molecular formula is C22H31NO2V. The first-order chi connectivity index (χ1) is 12.1. The van der Waals surface area contributed by atoms with Gasteiger partial charge in [0, 0.05) is 44.0 Å². The average molecular weight is 392 g/mol. The van der Waals surface area contributed by atoms with Crippen LogP contribution in [0, 0.1) is 0 Å². The minimum Gasteiger partial charge on any atom is -0.508 e. The summed E-state index contributed by atoms with van der Waals surface area (Å²) in [4.78, 5) is 12.0. The molecule has 0 fully saturated rings. The van der Waals surface area contributed by atoms with Crippen LogP contribution in [-0.2, 0) is 23.4 Å². The molecule has 0 spiro atoms. The number of rotatable bonds is 12. The molecule has 1 rings (SSSR count). The van der Waals surface area contributed by atoms with E-state index in [1.54, 1.807) is 6.08 Å². The van der Waals surface area contributed by atoms with Crippen LogP contribution in [-0.4, -0.2) is 23.5 Å². The number of allylic oxidation sites excluding steroid dienone is 5. The molecule has 0 aromatic heterocycles. The van der Waals surface area contributed by atoms with Gasteiger partial charge in [0.05, 0.1) is 0 Å². The third-order valence-electron chi connectivity index (χ3n) is 4.11. The molecule has 1 unspecified atom stereocenters. The van der Waals surface area contributed by atoms with Crippen LogP contribution in [0.15, 0.2) is 72.6 Å². The number of ketones is 1. The second-order valence-electron chi connectivity index (χ2n) is 6.27. The number of carbonyl (C=O) groups is 1. The van der Waals surface area contributed by atoms with Gasteiger partial charge < -0.3 is 10.4 Å². The topological polar surface area (TPSA) is 49.3 Å². The molecule has 0 heterocycles. The van der Waals surface area contributed by atoms with E-state index in [1.807, 2.05) is 0 Å². The third kappa shape index (κ3) is 10.4. The summed E-state index contributed by atoms with van der Waals surface area (Å²) in [5.74, 6) is 0.375. The largest absolute Gasteiger partial charge is 0.508 e. The molecular weight excluding hydrogens is 361 g/mol. The Morgan fingerprint density at radius 2 is 2.15 bits per heavy atom. The molecule has 0 aromatic carbocycles. The van der Waals surface area contributed by atoms with Gasteiger partial charge in [-0.25, -0.2) is 0 Å². The van der Waals surface area contributed by atoms with Crippen LogP contribution in [0.2, 0.25) is 0 Å². The van der Waals surface area contributed by atoms with Crippen LogP contribution < -0.4 is 5.32 Å². The van der Waals surface area contributed by atoms with Gasteiger partial charge in [-0.15, -0.1) is 0 Å². The van der Waals surface area contributed by atoms with Crippen molar-refractivity contribution in [1.29, 1.82) is 0 Å². The summed E-state index contributed by atoms with van der Waals surface area (Å²) in [6.07, 6.45) is 18.2. The van der Waals surface area contributed by atoms with Crippen molar-refractivity contribution in [3.63, 3.8) is 0 Å². The zero-order chi connectivity index (χ0) is 18.5.